The van der Waals surface area contributed by atoms with Gasteiger partial charge in [-0.2, -0.15) is 0 Å². The van der Waals surface area contributed by atoms with Crippen molar-refractivity contribution in [3.63, 3.8) is 0 Å². The Bertz CT molecular complexity index is 811. The lowest BCUT2D eigenvalue weighted by molar-refractivity contribution is 0.252. The van der Waals surface area contributed by atoms with Crippen LogP contribution in [-0.4, -0.2) is 19.7 Å². The van der Waals surface area contributed by atoms with Crippen LogP contribution in [0.1, 0.15) is 23.5 Å². The SMILES string of the molecule is COc1cccc(NC(=O)NCCC(c2ccccc2)c2ccccc2)c1. The maximum absolute atomic E-state index is 12.2. The zero-order valence-electron chi connectivity index (χ0n) is 15.4. The molecule has 0 unspecified atom stereocenters. The molecule has 27 heavy (non-hydrogen) atoms. The van der Waals surface area contributed by atoms with Crippen molar-refractivity contribution in [3.05, 3.63) is 96.1 Å². The van der Waals surface area contributed by atoms with Crippen LogP contribution in [0.2, 0.25) is 0 Å². The molecule has 0 aliphatic rings. The maximum Gasteiger partial charge on any atom is 0.319 e. The highest BCUT2D eigenvalue weighted by Crippen LogP contribution is 2.27. The summed E-state index contributed by atoms with van der Waals surface area (Å²) in [5.74, 6) is 0.950. The van der Waals surface area contributed by atoms with E-state index in [2.05, 4.69) is 34.9 Å². The number of anilines is 1. The van der Waals surface area contributed by atoms with E-state index < -0.39 is 0 Å². The van der Waals surface area contributed by atoms with E-state index in [-0.39, 0.29) is 11.9 Å². The van der Waals surface area contributed by atoms with Gasteiger partial charge in [0.05, 0.1) is 7.11 Å². The van der Waals surface area contributed by atoms with E-state index in [0.717, 1.165) is 6.42 Å². The molecule has 0 atom stereocenters. The number of urea groups is 1. The molecule has 0 spiro atoms. The van der Waals surface area contributed by atoms with E-state index in [1.807, 2.05) is 54.6 Å². The Kier molecular flexibility index (Phi) is 6.47. The first kappa shape index (κ1) is 18.5. The molecule has 0 saturated carbocycles. The largest absolute Gasteiger partial charge is 0.497 e. The highest BCUT2D eigenvalue weighted by atomic mass is 16.5. The first-order valence-electron chi connectivity index (χ1n) is 9.05. The second-order valence-corrected chi connectivity index (χ2v) is 6.28. The lowest BCUT2D eigenvalue weighted by Crippen LogP contribution is -2.30. The van der Waals surface area contributed by atoms with Gasteiger partial charge in [0.15, 0.2) is 0 Å². The summed E-state index contributed by atoms with van der Waals surface area (Å²) in [5.41, 5.74) is 3.20. The van der Waals surface area contributed by atoms with E-state index in [1.165, 1.54) is 11.1 Å². The Morgan fingerprint density at radius 3 is 2.11 bits per heavy atom. The predicted molar refractivity (Wildman–Crippen MR) is 109 cm³/mol. The monoisotopic (exact) mass is 360 g/mol. The number of hydrogen-bond donors (Lipinski definition) is 2. The fourth-order valence-electron chi connectivity index (χ4n) is 3.10. The van der Waals surface area contributed by atoms with Crippen LogP contribution in [0.3, 0.4) is 0 Å². The smallest absolute Gasteiger partial charge is 0.319 e. The molecule has 4 heteroatoms. The number of rotatable bonds is 7. The van der Waals surface area contributed by atoms with Crippen LogP contribution >= 0.6 is 0 Å². The van der Waals surface area contributed by atoms with Crippen LogP contribution in [0.15, 0.2) is 84.9 Å². The summed E-state index contributed by atoms with van der Waals surface area (Å²) in [6.07, 6.45) is 0.819. The predicted octanol–water partition coefficient (Wildman–Crippen LogP) is 5.04. The van der Waals surface area contributed by atoms with Crippen molar-refractivity contribution < 1.29 is 9.53 Å². The van der Waals surface area contributed by atoms with E-state index in [0.29, 0.717) is 18.0 Å². The summed E-state index contributed by atoms with van der Waals surface area (Å²) in [5, 5.41) is 5.79. The van der Waals surface area contributed by atoms with Gasteiger partial charge < -0.3 is 15.4 Å². The molecule has 0 bridgehead atoms. The zero-order chi connectivity index (χ0) is 18.9. The molecule has 0 saturated heterocycles. The Hall–Kier alpha value is -3.27. The summed E-state index contributed by atoms with van der Waals surface area (Å²) >= 11 is 0. The van der Waals surface area contributed by atoms with Gasteiger partial charge in [-0.05, 0) is 29.7 Å². The van der Waals surface area contributed by atoms with Gasteiger partial charge in [0.1, 0.15) is 5.75 Å². The van der Waals surface area contributed by atoms with E-state index in [9.17, 15) is 4.79 Å². The van der Waals surface area contributed by atoms with Gasteiger partial charge in [-0.3, -0.25) is 0 Å². The summed E-state index contributed by atoms with van der Waals surface area (Å²) < 4.78 is 5.18. The van der Waals surface area contributed by atoms with Crippen molar-refractivity contribution in [2.75, 3.05) is 19.0 Å². The third-order valence-corrected chi connectivity index (χ3v) is 4.45. The Balaban J connectivity index is 1.60. The minimum atomic E-state index is -0.219. The van der Waals surface area contributed by atoms with Gasteiger partial charge in [0, 0.05) is 24.2 Å². The van der Waals surface area contributed by atoms with Crippen molar-refractivity contribution in [3.8, 4) is 5.75 Å². The fourth-order valence-corrected chi connectivity index (χ4v) is 3.10. The normalized spacial score (nSPS) is 10.4. The molecular formula is C23H24N2O2. The highest BCUT2D eigenvalue weighted by Gasteiger charge is 2.14. The Morgan fingerprint density at radius 2 is 1.52 bits per heavy atom. The number of carbonyl (C=O) groups excluding carboxylic acids is 1. The Morgan fingerprint density at radius 1 is 0.889 bits per heavy atom. The van der Waals surface area contributed by atoms with Crippen molar-refractivity contribution in [2.45, 2.75) is 12.3 Å². The lowest BCUT2D eigenvalue weighted by atomic mass is 9.88. The maximum atomic E-state index is 12.2. The van der Waals surface area contributed by atoms with Crippen LogP contribution < -0.4 is 15.4 Å². The number of methoxy groups -OCH3 is 1. The lowest BCUT2D eigenvalue weighted by Gasteiger charge is -2.18. The number of carbonyl (C=O) groups is 1. The first-order valence-corrected chi connectivity index (χ1v) is 9.05. The summed E-state index contributed by atoms with van der Waals surface area (Å²) in [6.45, 7) is 0.574. The number of ether oxygens (including phenoxy) is 1. The van der Waals surface area contributed by atoms with Gasteiger partial charge in [-0.15, -0.1) is 0 Å². The molecule has 4 nitrogen and oxygen atoms in total. The number of benzene rings is 3. The van der Waals surface area contributed by atoms with E-state index in [1.54, 1.807) is 13.2 Å². The summed E-state index contributed by atoms with van der Waals surface area (Å²) in [6, 6.07) is 27.9. The second-order valence-electron chi connectivity index (χ2n) is 6.28. The molecule has 2 N–H and O–H groups in total. The molecular weight excluding hydrogens is 336 g/mol. The van der Waals surface area contributed by atoms with Gasteiger partial charge in [0.25, 0.3) is 0 Å². The molecule has 0 radical (unpaired) electrons. The topological polar surface area (TPSA) is 50.4 Å². The Labute approximate surface area is 160 Å². The van der Waals surface area contributed by atoms with E-state index in [4.69, 9.17) is 4.74 Å². The van der Waals surface area contributed by atoms with Crippen LogP contribution in [0.4, 0.5) is 10.5 Å². The average molecular weight is 360 g/mol. The van der Waals surface area contributed by atoms with E-state index >= 15 is 0 Å². The quantitative estimate of drug-likeness (QED) is 0.620. The first-order chi connectivity index (χ1) is 13.3. The third-order valence-electron chi connectivity index (χ3n) is 4.45. The molecule has 3 aromatic rings. The highest BCUT2D eigenvalue weighted by molar-refractivity contribution is 5.89. The fraction of sp³-hybridized carbons (Fsp3) is 0.174. The van der Waals surface area contributed by atoms with Gasteiger partial charge >= 0.3 is 6.03 Å². The standard InChI is InChI=1S/C23H24N2O2/c1-27-21-14-8-13-20(17-21)25-23(26)24-16-15-22(18-9-4-2-5-10-18)19-11-6-3-7-12-19/h2-14,17,22H,15-16H2,1H3,(H2,24,25,26). The molecule has 0 aliphatic heterocycles. The summed E-state index contributed by atoms with van der Waals surface area (Å²) in [7, 11) is 1.60. The van der Waals surface area contributed by atoms with Crippen molar-refractivity contribution in [1.82, 2.24) is 5.32 Å². The minimum absolute atomic E-state index is 0.219. The van der Waals surface area contributed by atoms with Crippen LogP contribution in [-0.2, 0) is 0 Å². The molecule has 2 amide bonds. The molecule has 3 rings (SSSR count). The number of hydrogen-bond acceptors (Lipinski definition) is 2. The minimum Gasteiger partial charge on any atom is -0.497 e. The molecule has 0 aliphatic carbocycles. The van der Waals surface area contributed by atoms with Crippen molar-refractivity contribution in [2.24, 2.45) is 0 Å². The molecule has 3 aromatic carbocycles. The molecule has 0 aromatic heterocycles. The second kappa shape index (κ2) is 9.43. The number of nitrogens with one attached hydrogen (secondary N) is 2. The van der Waals surface area contributed by atoms with Crippen LogP contribution in [0.25, 0.3) is 0 Å². The zero-order valence-corrected chi connectivity index (χ0v) is 15.4. The molecule has 0 fully saturated rings. The summed E-state index contributed by atoms with van der Waals surface area (Å²) in [4.78, 5) is 12.2. The number of amides is 2. The third kappa shape index (κ3) is 5.35. The van der Waals surface area contributed by atoms with Crippen molar-refractivity contribution in [1.29, 1.82) is 0 Å². The van der Waals surface area contributed by atoms with Crippen LogP contribution in [0, 0.1) is 0 Å². The van der Waals surface area contributed by atoms with Gasteiger partial charge in [-0.1, -0.05) is 66.7 Å². The molecule has 0 heterocycles. The van der Waals surface area contributed by atoms with Gasteiger partial charge in [-0.25, -0.2) is 4.79 Å². The van der Waals surface area contributed by atoms with Gasteiger partial charge in [0.2, 0.25) is 0 Å². The van der Waals surface area contributed by atoms with Crippen molar-refractivity contribution >= 4 is 11.7 Å². The average Bonchev–Trinajstić information content (AvgIpc) is 2.72. The molecule has 138 valence electrons. The van der Waals surface area contributed by atoms with Crippen LogP contribution in [0.5, 0.6) is 5.75 Å².